The van der Waals surface area contributed by atoms with Gasteiger partial charge in [0.05, 0.1) is 6.57 Å². The number of aryl methyl sites for hydroxylation is 1. The zero-order chi connectivity index (χ0) is 17.1. The Morgan fingerprint density at radius 2 is 1.62 bits per heavy atom. The molecule has 3 nitrogen and oxygen atoms in total. The number of rotatable bonds is 4. The highest BCUT2D eigenvalue weighted by atomic mass is 32.1. The molecule has 0 aliphatic heterocycles. The summed E-state index contributed by atoms with van der Waals surface area (Å²) >= 11 is 1.20. The first-order valence-corrected chi connectivity index (χ1v) is 8.39. The molecule has 4 heteroatoms. The summed E-state index contributed by atoms with van der Waals surface area (Å²) in [6.07, 6.45) is 0.657. The molecule has 0 bridgehead atoms. The molecular weight excluding hydrogens is 318 g/mol. The van der Waals surface area contributed by atoms with Gasteiger partial charge in [-0.05, 0) is 23.1 Å². The van der Waals surface area contributed by atoms with Crippen LogP contribution in [0.2, 0.25) is 0 Å². The van der Waals surface area contributed by atoms with Crippen LogP contribution in [0.4, 0.5) is 5.69 Å². The van der Waals surface area contributed by atoms with E-state index in [1.54, 1.807) is 0 Å². The normalized spacial score (nSPS) is 10.3. The lowest BCUT2D eigenvalue weighted by Gasteiger charge is -2.06. The lowest BCUT2D eigenvalue weighted by atomic mass is 9.99. The van der Waals surface area contributed by atoms with Gasteiger partial charge in [0, 0.05) is 10.4 Å². The Morgan fingerprint density at radius 3 is 2.17 bits per heavy atom. The molecule has 24 heavy (non-hydrogen) atoms. The largest absolute Gasteiger partial charge is 0.477 e. The number of benzene rings is 2. The van der Waals surface area contributed by atoms with E-state index in [1.165, 1.54) is 11.3 Å². The number of thiophene rings is 1. The van der Waals surface area contributed by atoms with Gasteiger partial charge in [-0.25, -0.2) is 9.64 Å². The van der Waals surface area contributed by atoms with E-state index in [0.717, 1.165) is 21.6 Å². The van der Waals surface area contributed by atoms with Crippen LogP contribution in [0.3, 0.4) is 0 Å². The Hall–Kier alpha value is -2.90. The van der Waals surface area contributed by atoms with E-state index in [1.807, 2.05) is 61.5 Å². The number of aromatic carboxylic acids is 1. The number of carboxylic acid groups (broad SMARTS) is 1. The molecular formula is C20H15NO2S. The molecule has 1 heterocycles. The minimum Gasteiger partial charge on any atom is -0.477 e. The molecule has 0 spiro atoms. The maximum atomic E-state index is 11.6. The molecule has 2 aromatic carbocycles. The number of carbonyl (C=O) groups is 1. The molecule has 0 radical (unpaired) electrons. The average molecular weight is 333 g/mol. The summed E-state index contributed by atoms with van der Waals surface area (Å²) in [6, 6.07) is 17.7. The van der Waals surface area contributed by atoms with E-state index >= 15 is 0 Å². The summed E-state index contributed by atoms with van der Waals surface area (Å²) in [6.45, 7) is 9.39. The van der Waals surface area contributed by atoms with Crippen molar-refractivity contribution in [1.29, 1.82) is 0 Å². The zero-order valence-electron chi connectivity index (χ0n) is 13.1. The standard InChI is InChI=1S/C20H15NO2S/c1-3-16-18(21-2)17(19(24-16)20(22)23)15-11-9-14(10-12-15)13-7-5-4-6-8-13/h4-12H,3H2,1H3,(H,22,23). The van der Waals surface area contributed by atoms with Crippen molar-refractivity contribution in [2.24, 2.45) is 0 Å². The first-order chi connectivity index (χ1) is 11.7. The number of carboxylic acids is 1. The van der Waals surface area contributed by atoms with Gasteiger partial charge in [-0.3, -0.25) is 0 Å². The molecule has 0 aliphatic rings. The third kappa shape index (κ3) is 2.82. The summed E-state index contributed by atoms with van der Waals surface area (Å²) in [5.74, 6) is -0.980. The molecule has 0 saturated heterocycles. The first kappa shape index (κ1) is 16.0. The van der Waals surface area contributed by atoms with Gasteiger partial charge in [0.25, 0.3) is 0 Å². The SMILES string of the molecule is [C-]#[N+]c1c(CC)sc(C(=O)O)c1-c1ccc(-c2ccccc2)cc1. The fraction of sp³-hybridized carbons (Fsp3) is 0.100. The smallest absolute Gasteiger partial charge is 0.345 e. The van der Waals surface area contributed by atoms with Crippen LogP contribution in [0.25, 0.3) is 27.1 Å². The van der Waals surface area contributed by atoms with Crippen molar-refractivity contribution in [2.45, 2.75) is 13.3 Å². The van der Waals surface area contributed by atoms with E-state index < -0.39 is 5.97 Å². The fourth-order valence-electron chi connectivity index (χ4n) is 2.71. The van der Waals surface area contributed by atoms with Crippen molar-refractivity contribution in [1.82, 2.24) is 0 Å². The third-order valence-corrected chi connectivity index (χ3v) is 5.17. The van der Waals surface area contributed by atoms with Gasteiger partial charge in [-0.15, -0.1) is 11.3 Å². The Kier molecular flexibility index (Phi) is 4.45. The highest BCUT2D eigenvalue weighted by molar-refractivity contribution is 7.15. The molecule has 3 aromatic rings. The Balaban J connectivity index is 2.11. The average Bonchev–Trinajstić information content (AvgIpc) is 3.01. The van der Waals surface area contributed by atoms with Crippen LogP contribution >= 0.6 is 11.3 Å². The molecule has 118 valence electrons. The lowest BCUT2D eigenvalue weighted by Crippen LogP contribution is -1.94. The summed E-state index contributed by atoms with van der Waals surface area (Å²) in [5.41, 5.74) is 3.94. The van der Waals surface area contributed by atoms with Crippen LogP contribution in [0.1, 0.15) is 21.5 Å². The molecule has 0 atom stereocenters. The fourth-order valence-corrected chi connectivity index (χ4v) is 3.74. The summed E-state index contributed by atoms with van der Waals surface area (Å²) in [7, 11) is 0. The Bertz CT molecular complexity index is 919. The van der Waals surface area contributed by atoms with Crippen molar-refractivity contribution < 1.29 is 9.90 Å². The molecule has 0 unspecified atom stereocenters. The lowest BCUT2D eigenvalue weighted by molar-refractivity contribution is 0.0703. The van der Waals surface area contributed by atoms with Gasteiger partial charge in [-0.2, -0.15) is 0 Å². The van der Waals surface area contributed by atoms with E-state index in [4.69, 9.17) is 6.57 Å². The van der Waals surface area contributed by atoms with Gasteiger partial charge in [-0.1, -0.05) is 61.5 Å². The van der Waals surface area contributed by atoms with Crippen molar-refractivity contribution in [2.75, 3.05) is 0 Å². The maximum Gasteiger partial charge on any atom is 0.345 e. The molecule has 1 aromatic heterocycles. The predicted molar refractivity (Wildman–Crippen MR) is 97.8 cm³/mol. The monoisotopic (exact) mass is 333 g/mol. The topological polar surface area (TPSA) is 41.7 Å². The van der Waals surface area contributed by atoms with Crippen LogP contribution in [-0.4, -0.2) is 11.1 Å². The third-order valence-electron chi connectivity index (χ3n) is 3.86. The van der Waals surface area contributed by atoms with Crippen LogP contribution in [0.5, 0.6) is 0 Å². The van der Waals surface area contributed by atoms with Crippen molar-refractivity contribution in [3.8, 4) is 22.3 Å². The Labute approximate surface area is 144 Å². The molecule has 0 aliphatic carbocycles. The van der Waals surface area contributed by atoms with E-state index in [0.29, 0.717) is 17.7 Å². The van der Waals surface area contributed by atoms with Crippen LogP contribution < -0.4 is 0 Å². The predicted octanol–water partition coefficient (Wildman–Crippen LogP) is 5.89. The van der Waals surface area contributed by atoms with Crippen molar-refractivity contribution in [3.05, 3.63) is 75.8 Å². The van der Waals surface area contributed by atoms with Gasteiger partial charge in [0.2, 0.25) is 5.69 Å². The number of nitrogens with zero attached hydrogens (tertiary/aromatic N) is 1. The quantitative estimate of drug-likeness (QED) is 0.604. The summed E-state index contributed by atoms with van der Waals surface area (Å²) < 4.78 is 0. The number of hydrogen-bond acceptors (Lipinski definition) is 2. The highest BCUT2D eigenvalue weighted by Gasteiger charge is 2.23. The van der Waals surface area contributed by atoms with Gasteiger partial charge in [0.1, 0.15) is 4.88 Å². The van der Waals surface area contributed by atoms with Crippen LogP contribution in [0, 0.1) is 6.57 Å². The number of hydrogen-bond donors (Lipinski definition) is 1. The first-order valence-electron chi connectivity index (χ1n) is 7.58. The van der Waals surface area contributed by atoms with E-state index in [9.17, 15) is 9.90 Å². The molecule has 3 rings (SSSR count). The van der Waals surface area contributed by atoms with Gasteiger partial charge < -0.3 is 5.11 Å². The molecule has 0 fully saturated rings. The van der Waals surface area contributed by atoms with Crippen LogP contribution in [-0.2, 0) is 6.42 Å². The van der Waals surface area contributed by atoms with Gasteiger partial charge >= 0.3 is 5.97 Å². The van der Waals surface area contributed by atoms with Crippen LogP contribution in [0.15, 0.2) is 54.6 Å². The van der Waals surface area contributed by atoms with Crippen molar-refractivity contribution >= 4 is 23.0 Å². The molecule has 0 saturated carbocycles. The summed E-state index contributed by atoms with van der Waals surface area (Å²) in [5, 5.41) is 9.50. The second-order valence-corrected chi connectivity index (χ2v) is 6.40. The second-order valence-electron chi connectivity index (χ2n) is 5.29. The zero-order valence-corrected chi connectivity index (χ0v) is 13.9. The Morgan fingerprint density at radius 1 is 1.04 bits per heavy atom. The van der Waals surface area contributed by atoms with E-state index in [-0.39, 0.29) is 4.88 Å². The minimum atomic E-state index is -0.980. The highest BCUT2D eigenvalue weighted by Crippen LogP contribution is 2.43. The van der Waals surface area contributed by atoms with E-state index in [2.05, 4.69) is 4.85 Å². The van der Waals surface area contributed by atoms with Gasteiger partial charge in [0.15, 0.2) is 0 Å². The second kappa shape index (κ2) is 6.69. The minimum absolute atomic E-state index is 0.241. The van der Waals surface area contributed by atoms with Crippen molar-refractivity contribution in [3.63, 3.8) is 0 Å². The molecule has 0 amide bonds. The molecule has 1 N–H and O–H groups in total. The maximum absolute atomic E-state index is 11.6. The summed E-state index contributed by atoms with van der Waals surface area (Å²) in [4.78, 5) is 16.3.